The molecule has 27 heavy (non-hydrogen) atoms. The van der Waals surface area contributed by atoms with Gasteiger partial charge in [-0.3, -0.25) is 0 Å². The van der Waals surface area contributed by atoms with Gasteiger partial charge in [0.25, 0.3) is 0 Å². The fraction of sp³-hybridized carbons (Fsp3) is 0.400. The molecule has 0 atom stereocenters. The van der Waals surface area contributed by atoms with E-state index in [4.69, 9.17) is 14.2 Å². The Morgan fingerprint density at radius 2 is 1.44 bits per heavy atom. The Kier molecular flexibility index (Phi) is 5.10. The second-order valence-electron chi connectivity index (χ2n) is 6.84. The van der Waals surface area contributed by atoms with Gasteiger partial charge in [0.1, 0.15) is 10.6 Å². The average molecular weight is 391 g/mol. The molecule has 0 spiro atoms. The lowest BCUT2D eigenvalue weighted by Gasteiger charge is -2.21. The highest BCUT2D eigenvalue weighted by Crippen LogP contribution is 2.48. The molecule has 6 nitrogen and oxygen atoms in total. The van der Waals surface area contributed by atoms with Crippen LogP contribution in [0.5, 0.6) is 17.2 Å². The fourth-order valence-corrected chi connectivity index (χ4v) is 4.84. The van der Waals surface area contributed by atoms with Gasteiger partial charge in [-0.1, -0.05) is 6.07 Å². The third-order valence-corrected chi connectivity index (χ3v) is 6.64. The minimum Gasteiger partial charge on any atom is -0.495 e. The van der Waals surface area contributed by atoms with Gasteiger partial charge >= 0.3 is 0 Å². The van der Waals surface area contributed by atoms with Crippen molar-refractivity contribution in [3.8, 4) is 17.2 Å². The summed E-state index contributed by atoms with van der Waals surface area (Å²) in [5.74, 6) is 1.52. The first-order valence-electron chi connectivity index (χ1n) is 8.68. The number of hydrogen-bond acceptors (Lipinski definition) is 5. The molecule has 0 heterocycles. The van der Waals surface area contributed by atoms with Crippen LogP contribution in [-0.2, 0) is 15.6 Å². The Morgan fingerprint density at radius 3 is 2.00 bits per heavy atom. The predicted octanol–water partition coefficient (Wildman–Crippen LogP) is 3.30. The van der Waals surface area contributed by atoms with Gasteiger partial charge in [-0.2, -0.15) is 0 Å². The SMILES string of the molecule is COc1ccc(C2(NS(=O)(=O)c3cc(C)c(C)cc3OC)CC2)cc1OC. The molecule has 1 aliphatic carbocycles. The molecule has 0 saturated heterocycles. The first kappa shape index (κ1) is 19.5. The standard InChI is InChI=1S/C20H25NO5S/c1-13-10-18(26-5)19(11-14(13)2)27(22,23)21-20(8-9-20)15-6-7-16(24-3)17(12-15)25-4/h6-7,10-12,21H,8-9H2,1-5H3. The van der Waals surface area contributed by atoms with Gasteiger partial charge in [0.15, 0.2) is 11.5 Å². The van der Waals surface area contributed by atoms with Crippen LogP contribution >= 0.6 is 0 Å². The van der Waals surface area contributed by atoms with E-state index in [-0.39, 0.29) is 4.90 Å². The monoisotopic (exact) mass is 391 g/mol. The molecular weight excluding hydrogens is 366 g/mol. The molecule has 0 unspecified atom stereocenters. The minimum atomic E-state index is -3.77. The van der Waals surface area contributed by atoms with Crippen LogP contribution in [0.15, 0.2) is 35.2 Å². The number of hydrogen-bond donors (Lipinski definition) is 1. The fourth-order valence-electron chi connectivity index (χ4n) is 3.15. The maximum Gasteiger partial charge on any atom is 0.245 e. The second-order valence-corrected chi connectivity index (χ2v) is 8.50. The molecule has 1 aliphatic rings. The lowest BCUT2D eigenvalue weighted by atomic mass is 10.1. The van der Waals surface area contributed by atoms with E-state index in [0.717, 1.165) is 29.5 Å². The Bertz CT molecular complexity index is 965. The average Bonchev–Trinajstić information content (AvgIpc) is 3.42. The van der Waals surface area contributed by atoms with Gasteiger partial charge in [-0.25, -0.2) is 13.1 Å². The van der Waals surface area contributed by atoms with Crippen LogP contribution in [0, 0.1) is 13.8 Å². The van der Waals surface area contributed by atoms with Crippen molar-refractivity contribution in [3.63, 3.8) is 0 Å². The number of benzene rings is 2. The Balaban J connectivity index is 1.98. The van der Waals surface area contributed by atoms with Crippen molar-refractivity contribution in [1.29, 1.82) is 0 Å². The first-order chi connectivity index (χ1) is 12.8. The van der Waals surface area contributed by atoms with E-state index < -0.39 is 15.6 Å². The molecule has 0 aromatic heterocycles. The smallest absolute Gasteiger partial charge is 0.245 e. The van der Waals surface area contributed by atoms with Crippen molar-refractivity contribution in [3.05, 3.63) is 47.0 Å². The van der Waals surface area contributed by atoms with Crippen LogP contribution < -0.4 is 18.9 Å². The number of methoxy groups -OCH3 is 3. The zero-order valence-corrected chi connectivity index (χ0v) is 17.1. The normalized spacial score (nSPS) is 15.3. The van der Waals surface area contributed by atoms with Crippen LogP contribution in [0.4, 0.5) is 0 Å². The maximum atomic E-state index is 13.1. The molecule has 2 aromatic rings. The maximum absolute atomic E-state index is 13.1. The van der Waals surface area contributed by atoms with Gasteiger partial charge in [0.2, 0.25) is 10.0 Å². The van der Waals surface area contributed by atoms with Gasteiger partial charge in [-0.05, 0) is 67.6 Å². The lowest BCUT2D eigenvalue weighted by molar-refractivity contribution is 0.354. The second kappa shape index (κ2) is 7.05. The van der Waals surface area contributed by atoms with E-state index >= 15 is 0 Å². The topological polar surface area (TPSA) is 73.9 Å². The summed E-state index contributed by atoms with van der Waals surface area (Å²) in [5.41, 5.74) is 2.09. The van der Waals surface area contributed by atoms with E-state index in [2.05, 4.69) is 4.72 Å². The number of aryl methyl sites for hydroxylation is 2. The van der Waals surface area contributed by atoms with Crippen molar-refractivity contribution in [2.24, 2.45) is 0 Å². The molecule has 2 aromatic carbocycles. The quantitative estimate of drug-likeness (QED) is 0.784. The number of sulfonamides is 1. The first-order valence-corrected chi connectivity index (χ1v) is 10.2. The highest BCUT2D eigenvalue weighted by molar-refractivity contribution is 7.89. The highest BCUT2D eigenvalue weighted by Gasteiger charge is 2.48. The molecule has 0 aliphatic heterocycles. The summed E-state index contributed by atoms with van der Waals surface area (Å²) in [5, 5.41) is 0. The van der Waals surface area contributed by atoms with Gasteiger partial charge in [0.05, 0.1) is 26.9 Å². The van der Waals surface area contributed by atoms with Crippen LogP contribution in [0.3, 0.4) is 0 Å². The summed E-state index contributed by atoms with van der Waals surface area (Å²) in [6.07, 6.45) is 1.43. The van der Waals surface area contributed by atoms with Gasteiger partial charge in [-0.15, -0.1) is 0 Å². The van der Waals surface area contributed by atoms with E-state index in [1.165, 1.54) is 7.11 Å². The van der Waals surface area contributed by atoms with Crippen molar-refractivity contribution in [2.75, 3.05) is 21.3 Å². The highest BCUT2D eigenvalue weighted by atomic mass is 32.2. The third kappa shape index (κ3) is 3.61. The van der Waals surface area contributed by atoms with Gasteiger partial charge in [0, 0.05) is 0 Å². The molecule has 1 saturated carbocycles. The summed E-state index contributed by atoms with van der Waals surface area (Å²) in [4.78, 5) is 0.153. The Morgan fingerprint density at radius 1 is 0.852 bits per heavy atom. The predicted molar refractivity (Wildman–Crippen MR) is 103 cm³/mol. The molecule has 3 rings (SSSR count). The molecule has 0 amide bonds. The molecule has 7 heteroatoms. The number of rotatable bonds is 7. The van der Waals surface area contributed by atoms with Crippen molar-refractivity contribution < 1.29 is 22.6 Å². The Labute approximate surface area is 160 Å². The summed E-state index contributed by atoms with van der Waals surface area (Å²) >= 11 is 0. The zero-order valence-electron chi connectivity index (χ0n) is 16.3. The molecule has 0 bridgehead atoms. The van der Waals surface area contributed by atoms with Crippen molar-refractivity contribution in [1.82, 2.24) is 4.72 Å². The molecule has 0 radical (unpaired) electrons. The van der Waals surface area contributed by atoms with Crippen LogP contribution in [0.2, 0.25) is 0 Å². The van der Waals surface area contributed by atoms with Crippen molar-refractivity contribution in [2.45, 2.75) is 37.1 Å². The van der Waals surface area contributed by atoms with Crippen LogP contribution in [0.1, 0.15) is 29.5 Å². The molecule has 1 fully saturated rings. The molecule has 146 valence electrons. The zero-order chi connectivity index (χ0) is 19.8. The van der Waals surface area contributed by atoms with Crippen LogP contribution in [-0.4, -0.2) is 29.7 Å². The van der Waals surface area contributed by atoms with Crippen molar-refractivity contribution >= 4 is 10.0 Å². The van der Waals surface area contributed by atoms with E-state index in [0.29, 0.717) is 17.2 Å². The lowest BCUT2D eigenvalue weighted by Crippen LogP contribution is -2.35. The molecule has 1 N–H and O–H groups in total. The van der Waals surface area contributed by atoms with Gasteiger partial charge < -0.3 is 14.2 Å². The number of ether oxygens (including phenoxy) is 3. The summed E-state index contributed by atoms with van der Waals surface area (Å²) < 4.78 is 45.1. The largest absolute Gasteiger partial charge is 0.495 e. The summed E-state index contributed by atoms with van der Waals surface area (Å²) in [6.45, 7) is 3.81. The van der Waals surface area contributed by atoms with E-state index in [1.807, 2.05) is 26.0 Å². The summed E-state index contributed by atoms with van der Waals surface area (Å²) in [7, 11) is 0.838. The van der Waals surface area contributed by atoms with E-state index in [1.54, 1.807) is 32.4 Å². The Hall–Kier alpha value is -2.25. The third-order valence-electron chi connectivity index (χ3n) is 5.09. The molecular formula is C20H25NO5S. The minimum absolute atomic E-state index is 0.153. The summed E-state index contributed by atoms with van der Waals surface area (Å²) in [6, 6.07) is 8.89. The van der Waals surface area contributed by atoms with E-state index in [9.17, 15) is 8.42 Å². The van der Waals surface area contributed by atoms with Crippen LogP contribution in [0.25, 0.3) is 0 Å². The number of nitrogens with one attached hydrogen (secondary N) is 1.